The highest BCUT2D eigenvalue weighted by Gasteiger charge is 2.12. The lowest BCUT2D eigenvalue weighted by atomic mass is 10.3. The third-order valence-electron chi connectivity index (χ3n) is 3.32. The highest BCUT2D eigenvalue weighted by Crippen LogP contribution is 2.39. The van der Waals surface area contributed by atoms with Gasteiger partial charge in [-0.1, -0.05) is 0 Å². The quantitative estimate of drug-likeness (QED) is 0.583. The average molecular weight is 385 g/mol. The van der Waals surface area contributed by atoms with Crippen molar-refractivity contribution in [1.29, 1.82) is 0 Å². The molecule has 3 heterocycles. The molecule has 0 spiro atoms. The van der Waals surface area contributed by atoms with Crippen molar-refractivity contribution in [3.05, 3.63) is 34.8 Å². The Morgan fingerprint density at radius 1 is 0.826 bits per heavy atom. The Labute approximate surface area is 152 Å². The van der Waals surface area contributed by atoms with Crippen LogP contribution in [0.2, 0.25) is 10.6 Å². The van der Waals surface area contributed by atoms with Crippen LogP contribution in [0.4, 0.5) is 5.00 Å². The summed E-state index contributed by atoms with van der Waals surface area (Å²) in [6.07, 6.45) is 0. The van der Waals surface area contributed by atoms with E-state index in [-0.39, 0.29) is 10.6 Å². The summed E-state index contributed by atoms with van der Waals surface area (Å²) in [5.41, 5.74) is 0. The molecule has 4 nitrogen and oxygen atoms in total. The highest BCUT2D eigenvalue weighted by molar-refractivity contribution is 7.25. The Kier molecular flexibility index (Phi) is 5.16. The van der Waals surface area contributed by atoms with E-state index in [0.29, 0.717) is 5.82 Å². The molecule has 0 radical (unpaired) electrons. The van der Waals surface area contributed by atoms with E-state index in [9.17, 15) is 0 Å². The Hall–Kier alpha value is -1.21. The van der Waals surface area contributed by atoms with Gasteiger partial charge < -0.3 is 4.90 Å². The Bertz CT molecular complexity index is 791. The van der Waals surface area contributed by atoms with Crippen LogP contribution in [0, 0.1) is 0 Å². The van der Waals surface area contributed by atoms with Gasteiger partial charge in [-0.05, 0) is 61.3 Å². The number of halogens is 2. The van der Waals surface area contributed by atoms with Crippen molar-refractivity contribution in [2.75, 3.05) is 18.0 Å². The Morgan fingerprint density at radius 3 is 2.04 bits per heavy atom. The van der Waals surface area contributed by atoms with Crippen LogP contribution < -0.4 is 4.90 Å². The fourth-order valence-electron chi connectivity index (χ4n) is 2.19. The summed E-state index contributed by atoms with van der Waals surface area (Å²) in [5, 5.41) is 1.50. The first kappa shape index (κ1) is 16.6. The van der Waals surface area contributed by atoms with Crippen molar-refractivity contribution < 1.29 is 0 Å². The van der Waals surface area contributed by atoms with Gasteiger partial charge in [-0.3, -0.25) is 0 Å². The lowest BCUT2D eigenvalue weighted by Gasteiger charge is -2.17. The van der Waals surface area contributed by atoms with Gasteiger partial charge in [0.2, 0.25) is 10.6 Å². The molecule has 0 atom stereocenters. The molecule has 0 aliphatic carbocycles. The minimum Gasteiger partial charge on any atom is -0.364 e. The lowest BCUT2D eigenvalue weighted by Crippen LogP contribution is -2.20. The zero-order valence-corrected chi connectivity index (χ0v) is 15.7. The first-order valence-corrected chi connectivity index (χ1v) is 9.52. The molecular formula is C15H14Cl2N4S2. The van der Waals surface area contributed by atoms with Crippen LogP contribution in [-0.4, -0.2) is 28.0 Å². The van der Waals surface area contributed by atoms with Crippen molar-refractivity contribution in [1.82, 2.24) is 15.0 Å². The van der Waals surface area contributed by atoms with Crippen molar-refractivity contribution >= 4 is 50.9 Å². The van der Waals surface area contributed by atoms with Crippen molar-refractivity contribution in [3.8, 4) is 20.5 Å². The topological polar surface area (TPSA) is 41.9 Å². The van der Waals surface area contributed by atoms with Gasteiger partial charge >= 0.3 is 0 Å². The van der Waals surface area contributed by atoms with E-state index in [4.69, 9.17) is 23.2 Å². The molecule has 0 aromatic carbocycles. The largest absolute Gasteiger partial charge is 0.364 e. The third kappa shape index (κ3) is 3.66. The first-order chi connectivity index (χ1) is 11.1. The molecule has 0 unspecified atom stereocenters. The number of nitrogens with zero attached hydrogens (tertiary/aromatic N) is 4. The van der Waals surface area contributed by atoms with E-state index in [1.807, 2.05) is 6.07 Å². The number of hydrogen-bond donors (Lipinski definition) is 0. The summed E-state index contributed by atoms with van der Waals surface area (Å²) in [6.45, 7) is 6.35. The van der Waals surface area contributed by atoms with Gasteiger partial charge in [-0.15, -0.1) is 22.7 Å². The minimum absolute atomic E-state index is 0.106. The zero-order valence-electron chi connectivity index (χ0n) is 12.6. The molecule has 0 bridgehead atoms. The maximum absolute atomic E-state index is 5.85. The molecule has 23 heavy (non-hydrogen) atoms. The van der Waals surface area contributed by atoms with E-state index < -0.39 is 0 Å². The summed E-state index contributed by atoms with van der Waals surface area (Å²) < 4.78 is 0. The minimum atomic E-state index is 0.106. The summed E-state index contributed by atoms with van der Waals surface area (Å²) >= 11 is 15.1. The average Bonchev–Trinajstić information content (AvgIpc) is 3.16. The Morgan fingerprint density at radius 2 is 1.39 bits per heavy atom. The molecule has 120 valence electrons. The first-order valence-electron chi connectivity index (χ1n) is 7.13. The highest BCUT2D eigenvalue weighted by atomic mass is 35.5. The van der Waals surface area contributed by atoms with E-state index in [2.05, 4.69) is 51.9 Å². The van der Waals surface area contributed by atoms with E-state index in [1.165, 1.54) is 14.8 Å². The number of thiophene rings is 2. The van der Waals surface area contributed by atoms with Gasteiger partial charge in [0, 0.05) is 22.8 Å². The maximum Gasteiger partial charge on any atom is 0.227 e. The fraction of sp³-hybridized carbons (Fsp3) is 0.267. The van der Waals surface area contributed by atoms with E-state index in [1.54, 1.807) is 22.7 Å². The predicted octanol–water partition coefficient (Wildman–Crippen LogP) is 5.48. The van der Waals surface area contributed by atoms with Crippen LogP contribution in [0.1, 0.15) is 13.8 Å². The van der Waals surface area contributed by atoms with Crippen LogP contribution in [-0.2, 0) is 0 Å². The molecule has 0 fully saturated rings. The molecule has 8 heteroatoms. The maximum atomic E-state index is 5.85. The second-order valence-electron chi connectivity index (χ2n) is 4.67. The SMILES string of the molecule is CCN(CC)c1ccc(-c2ccc(-c3nc(Cl)nc(Cl)n3)s2)s1. The summed E-state index contributed by atoms with van der Waals surface area (Å²) in [7, 11) is 0. The molecule has 3 rings (SSSR count). The van der Waals surface area contributed by atoms with E-state index in [0.717, 1.165) is 18.0 Å². The lowest BCUT2D eigenvalue weighted by molar-refractivity contribution is 0.876. The number of aromatic nitrogens is 3. The van der Waals surface area contributed by atoms with Crippen molar-refractivity contribution in [3.63, 3.8) is 0 Å². The van der Waals surface area contributed by atoms with Gasteiger partial charge in [0.1, 0.15) is 0 Å². The summed E-state index contributed by atoms with van der Waals surface area (Å²) in [4.78, 5) is 17.7. The molecule has 0 saturated carbocycles. The molecule has 3 aromatic rings. The number of rotatable bonds is 5. The van der Waals surface area contributed by atoms with E-state index >= 15 is 0 Å². The van der Waals surface area contributed by atoms with Gasteiger partial charge in [0.25, 0.3) is 0 Å². The van der Waals surface area contributed by atoms with Crippen LogP contribution >= 0.6 is 45.9 Å². The molecule has 3 aromatic heterocycles. The van der Waals surface area contributed by atoms with Crippen molar-refractivity contribution in [2.45, 2.75) is 13.8 Å². The second-order valence-corrected chi connectivity index (χ2v) is 7.49. The molecule has 0 aliphatic heterocycles. The van der Waals surface area contributed by atoms with Gasteiger partial charge in [0.05, 0.1) is 9.88 Å². The fourth-order valence-corrected chi connectivity index (χ4v) is 4.72. The van der Waals surface area contributed by atoms with Gasteiger partial charge in [0.15, 0.2) is 5.82 Å². The molecule has 0 N–H and O–H groups in total. The van der Waals surface area contributed by atoms with Crippen molar-refractivity contribution in [2.24, 2.45) is 0 Å². The summed E-state index contributed by atoms with van der Waals surface area (Å²) in [5.74, 6) is 0.506. The standard InChI is InChI=1S/C15H14Cl2N4S2/c1-3-21(4-2)12-8-7-10(23-12)9-5-6-11(22-9)13-18-14(16)20-15(17)19-13/h5-8H,3-4H2,1-2H3. The zero-order chi connectivity index (χ0) is 16.4. The molecule has 0 amide bonds. The number of hydrogen-bond acceptors (Lipinski definition) is 6. The molecule has 0 aliphatic rings. The van der Waals surface area contributed by atoms with Gasteiger partial charge in [-0.25, -0.2) is 0 Å². The predicted molar refractivity (Wildman–Crippen MR) is 100 cm³/mol. The smallest absolute Gasteiger partial charge is 0.227 e. The monoisotopic (exact) mass is 384 g/mol. The van der Waals surface area contributed by atoms with Crippen LogP contribution in [0.3, 0.4) is 0 Å². The summed E-state index contributed by atoms with van der Waals surface area (Å²) in [6, 6.07) is 8.38. The van der Waals surface area contributed by atoms with Crippen LogP contribution in [0.15, 0.2) is 24.3 Å². The van der Waals surface area contributed by atoms with Gasteiger partial charge in [-0.2, -0.15) is 15.0 Å². The molecular weight excluding hydrogens is 371 g/mol. The second kappa shape index (κ2) is 7.13. The number of anilines is 1. The molecule has 0 saturated heterocycles. The normalized spacial score (nSPS) is 11.0. The Balaban J connectivity index is 1.90. The third-order valence-corrected chi connectivity index (χ3v) is 6.08. The van der Waals surface area contributed by atoms with Crippen LogP contribution in [0.5, 0.6) is 0 Å². The van der Waals surface area contributed by atoms with Crippen LogP contribution in [0.25, 0.3) is 20.5 Å².